The molecule has 2 heterocycles. The maximum Gasteiger partial charge on any atom is 0.314 e. The summed E-state index contributed by atoms with van der Waals surface area (Å²) in [6.07, 6.45) is 2.95. The van der Waals surface area contributed by atoms with Crippen LogP contribution < -0.4 is 10.6 Å². The van der Waals surface area contributed by atoms with Crippen LogP contribution in [0.25, 0.3) is 5.69 Å². The number of fused-ring (bicyclic) bond motifs is 1. The summed E-state index contributed by atoms with van der Waals surface area (Å²) in [7, 11) is 0. The molecule has 2 amide bonds. The SMILES string of the molecule is Cc1ccc(-n2nc3c(c2NC(=O)C(=O)N[C@@H]2C[C@@H](C)CC(C)(C)C2)CSC3)cc1. The van der Waals surface area contributed by atoms with E-state index in [9.17, 15) is 9.59 Å². The van der Waals surface area contributed by atoms with Gasteiger partial charge in [-0.05, 0) is 49.7 Å². The molecule has 2 aliphatic rings. The van der Waals surface area contributed by atoms with E-state index < -0.39 is 11.8 Å². The summed E-state index contributed by atoms with van der Waals surface area (Å²) in [5.41, 5.74) is 4.18. The van der Waals surface area contributed by atoms with Gasteiger partial charge in [-0.25, -0.2) is 4.68 Å². The van der Waals surface area contributed by atoms with Crippen molar-refractivity contribution in [2.75, 3.05) is 5.32 Å². The van der Waals surface area contributed by atoms with E-state index in [4.69, 9.17) is 5.10 Å². The molecule has 1 aliphatic heterocycles. The average molecular weight is 427 g/mol. The van der Waals surface area contributed by atoms with Gasteiger partial charge in [0.05, 0.1) is 11.4 Å². The summed E-state index contributed by atoms with van der Waals surface area (Å²) in [6, 6.07) is 8.02. The quantitative estimate of drug-likeness (QED) is 0.722. The van der Waals surface area contributed by atoms with Crippen LogP contribution in [0.15, 0.2) is 24.3 Å². The molecule has 2 N–H and O–H groups in total. The van der Waals surface area contributed by atoms with Crippen LogP contribution in [0, 0.1) is 18.3 Å². The largest absolute Gasteiger partial charge is 0.345 e. The Labute approximate surface area is 182 Å². The molecule has 0 unspecified atom stereocenters. The number of nitrogens with zero attached hydrogens (tertiary/aromatic N) is 2. The van der Waals surface area contributed by atoms with Crippen molar-refractivity contribution in [3.63, 3.8) is 0 Å². The van der Waals surface area contributed by atoms with Crippen LogP contribution in [0.4, 0.5) is 5.82 Å². The predicted octanol–water partition coefficient (Wildman–Crippen LogP) is 4.20. The molecule has 0 bridgehead atoms. The minimum absolute atomic E-state index is 0.0327. The zero-order valence-electron chi connectivity index (χ0n) is 18.1. The third-order valence-electron chi connectivity index (χ3n) is 5.99. The van der Waals surface area contributed by atoms with Crippen LogP contribution in [-0.4, -0.2) is 27.6 Å². The molecule has 160 valence electrons. The Morgan fingerprint density at radius 2 is 1.87 bits per heavy atom. The lowest BCUT2D eigenvalue weighted by Gasteiger charge is -2.39. The maximum atomic E-state index is 12.8. The first-order chi connectivity index (χ1) is 14.2. The molecular formula is C23H30N4O2S. The summed E-state index contributed by atoms with van der Waals surface area (Å²) < 4.78 is 1.75. The van der Waals surface area contributed by atoms with Crippen LogP contribution in [-0.2, 0) is 21.1 Å². The van der Waals surface area contributed by atoms with Crippen molar-refractivity contribution in [1.82, 2.24) is 15.1 Å². The third kappa shape index (κ3) is 4.41. The summed E-state index contributed by atoms with van der Waals surface area (Å²) >= 11 is 1.77. The standard InChI is InChI=1S/C23H30N4O2S/c1-14-5-7-17(8-6-14)27-20(18-12-30-13-19(18)26-27)25-22(29)21(28)24-16-9-15(2)10-23(3,4)11-16/h5-8,15-16H,9-13H2,1-4H3,(H,24,28)(H,25,29)/t15-,16-/m1/s1. The third-order valence-corrected chi connectivity index (χ3v) is 6.96. The monoisotopic (exact) mass is 426 g/mol. The molecule has 6 nitrogen and oxygen atoms in total. The first-order valence-electron chi connectivity index (χ1n) is 10.6. The highest BCUT2D eigenvalue weighted by atomic mass is 32.2. The van der Waals surface area contributed by atoms with Gasteiger partial charge in [0.2, 0.25) is 0 Å². The number of anilines is 1. The number of amides is 2. The Hall–Kier alpha value is -2.28. The second kappa shape index (κ2) is 8.10. The van der Waals surface area contributed by atoms with Crippen molar-refractivity contribution in [1.29, 1.82) is 0 Å². The molecule has 2 atom stereocenters. The number of aromatic nitrogens is 2. The lowest BCUT2D eigenvalue weighted by Crippen LogP contribution is -2.46. The fourth-order valence-corrected chi connectivity index (χ4v) is 5.92. The molecular weight excluding hydrogens is 396 g/mol. The zero-order valence-corrected chi connectivity index (χ0v) is 18.9. The highest BCUT2D eigenvalue weighted by molar-refractivity contribution is 7.98. The van der Waals surface area contributed by atoms with E-state index in [1.807, 2.05) is 31.2 Å². The molecule has 0 spiro atoms. The number of benzene rings is 1. The minimum Gasteiger partial charge on any atom is -0.345 e. The Balaban J connectivity index is 1.52. The number of carbonyl (C=O) groups excluding carboxylic acids is 2. The van der Waals surface area contributed by atoms with Crippen LogP contribution in [0.5, 0.6) is 0 Å². The van der Waals surface area contributed by atoms with Gasteiger partial charge in [0.25, 0.3) is 0 Å². The average Bonchev–Trinajstić information content (AvgIpc) is 3.23. The smallest absolute Gasteiger partial charge is 0.314 e. The molecule has 0 saturated heterocycles. The number of aryl methyl sites for hydroxylation is 1. The van der Waals surface area contributed by atoms with Gasteiger partial charge in [-0.15, -0.1) is 0 Å². The Morgan fingerprint density at radius 1 is 1.13 bits per heavy atom. The van der Waals surface area contributed by atoms with Crippen molar-refractivity contribution in [2.45, 2.75) is 64.5 Å². The second-order valence-corrected chi connectivity index (χ2v) is 10.5. The summed E-state index contributed by atoms with van der Waals surface area (Å²) in [5.74, 6) is 1.55. The van der Waals surface area contributed by atoms with Crippen LogP contribution in [0.3, 0.4) is 0 Å². The molecule has 4 rings (SSSR count). The van der Waals surface area contributed by atoms with E-state index in [1.54, 1.807) is 16.4 Å². The molecule has 1 aliphatic carbocycles. The molecule has 1 aromatic carbocycles. The van der Waals surface area contributed by atoms with Gasteiger partial charge < -0.3 is 10.6 Å². The molecule has 0 radical (unpaired) electrons. The Bertz CT molecular complexity index is 964. The number of carbonyl (C=O) groups is 2. The van der Waals surface area contributed by atoms with Crippen molar-refractivity contribution >= 4 is 29.4 Å². The van der Waals surface area contributed by atoms with Gasteiger partial charge in [-0.3, -0.25) is 9.59 Å². The number of rotatable bonds is 3. The van der Waals surface area contributed by atoms with Gasteiger partial charge in [-0.2, -0.15) is 16.9 Å². The summed E-state index contributed by atoms with van der Waals surface area (Å²) in [5, 5.41) is 10.5. The molecule has 1 saturated carbocycles. The normalized spacial score (nSPS) is 22.4. The molecule has 7 heteroatoms. The van der Waals surface area contributed by atoms with E-state index >= 15 is 0 Å². The minimum atomic E-state index is -0.626. The summed E-state index contributed by atoms with van der Waals surface area (Å²) in [4.78, 5) is 25.5. The Kier molecular flexibility index (Phi) is 5.66. The summed E-state index contributed by atoms with van der Waals surface area (Å²) in [6.45, 7) is 8.69. The van der Waals surface area contributed by atoms with Gasteiger partial charge >= 0.3 is 11.8 Å². The van der Waals surface area contributed by atoms with Crippen molar-refractivity contribution in [3.8, 4) is 5.69 Å². The molecule has 2 aromatic rings. The lowest BCUT2D eigenvalue weighted by atomic mass is 9.70. The molecule has 1 aromatic heterocycles. The molecule has 30 heavy (non-hydrogen) atoms. The molecule has 1 fully saturated rings. The number of thioether (sulfide) groups is 1. The van der Waals surface area contributed by atoms with Crippen molar-refractivity contribution in [2.24, 2.45) is 11.3 Å². The highest BCUT2D eigenvalue weighted by Gasteiger charge is 2.34. The predicted molar refractivity (Wildman–Crippen MR) is 121 cm³/mol. The van der Waals surface area contributed by atoms with E-state index in [0.717, 1.165) is 53.3 Å². The van der Waals surface area contributed by atoms with E-state index in [1.165, 1.54) is 0 Å². The van der Waals surface area contributed by atoms with Gasteiger partial charge in [0, 0.05) is 23.1 Å². The number of hydrogen-bond acceptors (Lipinski definition) is 4. The van der Waals surface area contributed by atoms with E-state index in [-0.39, 0.29) is 11.5 Å². The van der Waals surface area contributed by atoms with Gasteiger partial charge in [-0.1, -0.05) is 38.5 Å². The lowest BCUT2D eigenvalue weighted by molar-refractivity contribution is -0.137. The van der Waals surface area contributed by atoms with Crippen LogP contribution >= 0.6 is 11.8 Å². The topological polar surface area (TPSA) is 76.0 Å². The maximum absolute atomic E-state index is 12.8. The fourth-order valence-electron chi connectivity index (χ4n) is 4.89. The number of nitrogens with one attached hydrogen (secondary N) is 2. The van der Waals surface area contributed by atoms with E-state index in [0.29, 0.717) is 11.7 Å². The van der Waals surface area contributed by atoms with Crippen LogP contribution in [0.2, 0.25) is 0 Å². The van der Waals surface area contributed by atoms with Crippen LogP contribution in [0.1, 0.15) is 56.9 Å². The second-order valence-electron chi connectivity index (χ2n) is 9.55. The highest BCUT2D eigenvalue weighted by Crippen LogP contribution is 2.39. The zero-order chi connectivity index (χ0) is 21.5. The van der Waals surface area contributed by atoms with Crippen molar-refractivity contribution < 1.29 is 9.59 Å². The Morgan fingerprint density at radius 3 is 2.57 bits per heavy atom. The first kappa shape index (κ1) is 21.0. The first-order valence-corrected chi connectivity index (χ1v) is 11.7. The van der Waals surface area contributed by atoms with Crippen molar-refractivity contribution in [3.05, 3.63) is 41.1 Å². The van der Waals surface area contributed by atoms with E-state index in [2.05, 4.69) is 31.4 Å². The van der Waals surface area contributed by atoms with Gasteiger partial charge in [0.1, 0.15) is 5.82 Å². The van der Waals surface area contributed by atoms with Gasteiger partial charge in [0.15, 0.2) is 0 Å². The number of hydrogen-bond donors (Lipinski definition) is 2. The fraction of sp³-hybridized carbons (Fsp3) is 0.522.